The molecule has 1 aliphatic carbocycles. The maximum atomic E-state index is 13.4. The Bertz CT molecular complexity index is 1070. The Morgan fingerprint density at radius 1 is 1.06 bits per heavy atom. The molecule has 3 aliphatic rings. The topological polar surface area (TPSA) is 69.7 Å². The zero-order valence-corrected chi connectivity index (χ0v) is 17.1. The molecule has 2 aromatic carbocycles. The van der Waals surface area contributed by atoms with Crippen LogP contribution in [-0.4, -0.2) is 30.8 Å². The fourth-order valence-electron chi connectivity index (χ4n) is 4.60. The van der Waals surface area contributed by atoms with Crippen LogP contribution in [0.2, 0.25) is 0 Å². The number of carbonyl (C=O) groups excluding carboxylic acids is 3. The summed E-state index contributed by atoms with van der Waals surface area (Å²) in [5.74, 6) is -0.961. The van der Waals surface area contributed by atoms with Gasteiger partial charge in [-0.25, -0.2) is 4.39 Å². The highest BCUT2D eigenvalue weighted by molar-refractivity contribution is 6.04. The summed E-state index contributed by atoms with van der Waals surface area (Å²) in [6.45, 7) is 0.963. The predicted molar refractivity (Wildman–Crippen MR) is 115 cm³/mol. The van der Waals surface area contributed by atoms with Crippen molar-refractivity contribution in [1.82, 2.24) is 0 Å². The third-order valence-corrected chi connectivity index (χ3v) is 6.58. The molecule has 2 heterocycles. The standard InChI is InChI=1S/C24H24FN3O3/c25-18-5-2-6-19(13-18)26-23(30)17-12-22(29)28(14-17)20-7-8-21-16(11-20)9-10-27(21)24(31)15-3-1-4-15/h2,5-8,11,13,15,17H,1,3-4,9-10,12,14H2,(H,26,30). The summed E-state index contributed by atoms with van der Waals surface area (Å²) in [5, 5.41) is 2.70. The summed E-state index contributed by atoms with van der Waals surface area (Å²) in [6, 6.07) is 11.5. The van der Waals surface area contributed by atoms with Crippen molar-refractivity contribution >= 4 is 34.8 Å². The summed E-state index contributed by atoms with van der Waals surface area (Å²) >= 11 is 0. The normalized spacial score (nSPS) is 20.5. The molecule has 1 unspecified atom stereocenters. The smallest absolute Gasteiger partial charge is 0.230 e. The van der Waals surface area contributed by atoms with Crippen LogP contribution in [0.5, 0.6) is 0 Å². The van der Waals surface area contributed by atoms with Crippen LogP contribution < -0.4 is 15.1 Å². The number of rotatable bonds is 4. The lowest BCUT2D eigenvalue weighted by atomic mass is 9.84. The summed E-state index contributed by atoms with van der Waals surface area (Å²) in [4.78, 5) is 41.4. The Balaban J connectivity index is 1.28. The summed E-state index contributed by atoms with van der Waals surface area (Å²) in [6.07, 6.45) is 3.97. The SMILES string of the molecule is O=C(Nc1cccc(F)c1)C1CC(=O)N(c2ccc3c(c2)CCN3C(=O)C2CCC2)C1. The number of anilines is 3. The summed E-state index contributed by atoms with van der Waals surface area (Å²) in [7, 11) is 0. The van der Waals surface area contributed by atoms with E-state index in [1.807, 2.05) is 23.1 Å². The predicted octanol–water partition coefficient (Wildman–Crippen LogP) is 3.51. The van der Waals surface area contributed by atoms with Gasteiger partial charge >= 0.3 is 0 Å². The Morgan fingerprint density at radius 3 is 2.65 bits per heavy atom. The second-order valence-corrected chi connectivity index (χ2v) is 8.59. The first-order valence-corrected chi connectivity index (χ1v) is 10.8. The maximum absolute atomic E-state index is 13.4. The van der Waals surface area contributed by atoms with Gasteiger partial charge in [-0.2, -0.15) is 0 Å². The van der Waals surface area contributed by atoms with E-state index in [2.05, 4.69) is 5.32 Å². The molecule has 7 heteroatoms. The first-order valence-electron chi connectivity index (χ1n) is 10.8. The second-order valence-electron chi connectivity index (χ2n) is 8.59. The third kappa shape index (κ3) is 3.69. The van der Waals surface area contributed by atoms with Gasteiger partial charge in [-0.05, 0) is 61.2 Å². The highest BCUT2D eigenvalue weighted by atomic mass is 19.1. The fraction of sp³-hybridized carbons (Fsp3) is 0.375. The molecular weight excluding hydrogens is 397 g/mol. The van der Waals surface area contributed by atoms with E-state index in [-0.39, 0.29) is 36.6 Å². The number of benzene rings is 2. The lowest BCUT2D eigenvalue weighted by molar-refractivity contribution is -0.124. The van der Waals surface area contributed by atoms with Gasteiger partial charge in [0.1, 0.15) is 5.82 Å². The van der Waals surface area contributed by atoms with Crippen LogP contribution in [0.4, 0.5) is 21.5 Å². The lowest BCUT2D eigenvalue weighted by Crippen LogP contribution is -2.37. The molecule has 5 rings (SSSR count). The van der Waals surface area contributed by atoms with Gasteiger partial charge < -0.3 is 15.1 Å². The molecule has 6 nitrogen and oxygen atoms in total. The molecule has 1 atom stereocenters. The molecule has 0 aromatic heterocycles. The van der Waals surface area contributed by atoms with E-state index >= 15 is 0 Å². The highest BCUT2D eigenvalue weighted by Crippen LogP contribution is 2.37. The number of fused-ring (bicyclic) bond motifs is 1. The van der Waals surface area contributed by atoms with Crippen molar-refractivity contribution in [2.24, 2.45) is 11.8 Å². The van der Waals surface area contributed by atoms with Crippen LogP contribution in [0.15, 0.2) is 42.5 Å². The number of nitrogens with zero attached hydrogens (tertiary/aromatic N) is 2. The van der Waals surface area contributed by atoms with Crippen LogP contribution >= 0.6 is 0 Å². The van der Waals surface area contributed by atoms with E-state index in [9.17, 15) is 18.8 Å². The van der Waals surface area contributed by atoms with Crippen molar-refractivity contribution in [1.29, 1.82) is 0 Å². The van der Waals surface area contributed by atoms with Gasteiger partial charge in [-0.1, -0.05) is 12.5 Å². The highest BCUT2D eigenvalue weighted by Gasteiger charge is 2.37. The minimum Gasteiger partial charge on any atom is -0.326 e. The number of halogens is 1. The first-order chi connectivity index (χ1) is 15.0. The van der Waals surface area contributed by atoms with Crippen molar-refractivity contribution in [2.45, 2.75) is 32.1 Å². The Morgan fingerprint density at radius 2 is 1.90 bits per heavy atom. The molecule has 0 bridgehead atoms. The van der Waals surface area contributed by atoms with Crippen molar-refractivity contribution in [3.8, 4) is 0 Å². The molecule has 160 valence electrons. The number of amides is 3. The van der Waals surface area contributed by atoms with Crippen LogP contribution in [0.1, 0.15) is 31.2 Å². The van der Waals surface area contributed by atoms with Crippen LogP contribution in [-0.2, 0) is 20.8 Å². The average molecular weight is 421 g/mol. The summed E-state index contributed by atoms with van der Waals surface area (Å²) in [5.41, 5.74) is 3.13. The number of hydrogen-bond donors (Lipinski definition) is 1. The van der Waals surface area contributed by atoms with Crippen LogP contribution in [0, 0.1) is 17.7 Å². The van der Waals surface area contributed by atoms with E-state index in [0.29, 0.717) is 12.2 Å². The van der Waals surface area contributed by atoms with Gasteiger partial charge in [0.15, 0.2) is 0 Å². The second kappa shape index (κ2) is 7.80. The monoisotopic (exact) mass is 421 g/mol. The number of hydrogen-bond acceptors (Lipinski definition) is 3. The van der Waals surface area contributed by atoms with Gasteiger partial charge in [0.25, 0.3) is 0 Å². The van der Waals surface area contributed by atoms with E-state index in [1.54, 1.807) is 11.0 Å². The van der Waals surface area contributed by atoms with Gasteiger partial charge in [0.05, 0.1) is 5.92 Å². The molecule has 0 spiro atoms. The van der Waals surface area contributed by atoms with Crippen molar-refractivity contribution in [2.75, 3.05) is 28.2 Å². The number of nitrogens with one attached hydrogen (secondary N) is 1. The van der Waals surface area contributed by atoms with Crippen LogP contribution in [0.25, 0.3) is 0 Å². The Hall–Kier alpha value is -3.22. The van der Waals surface area contributed by atoms with E-state index < -0.39 is 11.7 Å². The Labute approximate surface area is 180 Å². The molecule has 1 N–H and O–H groups in total. The lowest BCUT2D eigenvalue weighted by Gasteiger charge is -2.29. The molecule has 3 amide bonds. The largest absolute Gasteiger partial charge is 0.326 e. The van der Waals surface area contributed by atoms with Crippen LogP contribution in [0.3, 0.4) is 0 Å². The van der Waals surface area contributed by atoms with Gasteiger partial charge in [-0.3, -0.25) is 14.4 Å². The minimum atomic E-state index is -0.499. The van der Waals surface area contributed by atoms with E-state index in [4.69, 9.17) is 0 Å². The molecular formula is C24H24FN3O3. The van der Waals surface area contributed by atoms with Gasteiger partial charge in [-0.15, -0.1) is 0 Å². The maximum Gasteiger partial charge on any atom is 0.230 e. The zero-order valence-electron chi connectivity index (χ0n) is 17.1. The molecule has 1 saturated carbocycles. The molecule has 2 fully saturated rings. The van der Waals surface area contributed by atoms with E-state index in [0.717, 1.165) is 42.6 Å². The molecule has 2 aliphatic heterocycles. The molecule has 0 radical (unpaired) electrons. The first kappa shape index (κ1) is 19.7. The molecule has 2 aromatic rings. The van der Waals surface area contributed by atoms with Crippen molar-refractivity contribution < 1.29 is 18.8 Å². The van der Waals surface area contributed by atoms with Gasteiger partial charge in [0.2, 0.25) is 17.7 Å². The van der Waals surface area contributed by atoms with Crippen molar-refractivity contribution in [3.05, 3.63) is 53.8 Å². The molecule has 31 heavy (non-hydrogen) atoms. The summed E-state index contributed by atoms with van der Waals surface area (Å²) < 4.78 is 13.4. The number of carbonyl (C=O) groups is 3. The Kier molecular flexibility index (Phi) is 4.96. The quantitative estimate of drug-likeness (QED) is 0.822. The van der Waals surface area contributed by atoms with Gasteiger partial charge in [0, 0.05) is 42.5 Å². The van der Waals surface area contributed by atoms with E-state index in [1.165, 1.54) is 18.2 Å². The van der Waals surface area contributed by atoms with Crippen molar-refractivity contribution in [3.63, 3.8) is 0 Å². The molecule has 1 saturated heterocycles. The minimum absolute atomic E-state index is 0.111. The third-order valence-electron chi connectivity index (χ3n) is 6.58. The zero-order chi connectivity index (χ0) is 21.5. The fourth-order valence-corrected chi connectivity index (χ4v) is 4.60. The average Bonchev–Trinajstić information content (AvgIpc) is 3.29.